The number of nitrogens with two attached hydrogens (primary N) is 1. The molecule has 0 atom stereocenters. The van der Waals surface area contributed by atoms with Crippen LogP contribution in [-0.4, -0.2) is 49.1 Å². The minimum Gasteiger partial charge on any atom is -0.409 e. The Balaban J connectivity index is 4.89. The summed E-state index contributed by atoms with van der Waals surface area (Å²) in [4.78, 5) is 0. The molecule has 0 amide bonds. The Hall–Kier alpha value is -1.07. The van der Waals surface area contributed by atoms with Crippen molar-refractivity contribution in [1.82, 2.24) is 9.03 Å². The van der Waals surface area contributed by atoms with Crippen molar-refractivity contribution in [3.05, 3.63) is 0 Å². The first-order valence-corrected chi connectivity index (χ1v) is 6.23. The van der Waals surface area contributed by atoms with Crippen LogP contribution in [-0.2, 0) is 10.2 Å². The van der Waals surface area contributed by atoms with E-state index in [1.165, 1.54) is 18.6 Å². The zero-order valence-corrected chi connectivity index (χ0v) is 10.6. The monoisotopic (exact) mass is 292 g/mol. The van der Waals surface area contributed by atoms with Crippen LogP contribution in [0.3, 0.4) is 0 Å². The van der Waals surface area contributed by atoms with Gasteiger partial charge in [-0.1, -0.05) is 5.16 Å². The lowest BCUT2D eigenvalue weighted by Crippen LogP contribution is -2.50. The van der Waals surface area contributed by atoms with Gasteiger partial charge in [0.15, 0.2) is 5.84 Å². The van der Waals surface area contributed by atoms with Crippen LogP contribution in [0.15, 0.2) is 5.16 Å². The molecule has 0 aliphatic rings. The summed E-state index contributed by atoms with van der Waals surface area (Å²) in [5.74, 6) is -0.430. The summed E-state index contributed by atoms with van der Waals surface area (Å²) in [5.41, 5.74) is 5.13. The second-order valence-corrected chi connectivity index (χ2v) is 5.38. The van der Waals surface area contributed by atoms with Crippen LogP contribution in [0.25, 0.3) is 0 Å². The van der Waals surface area contributed by atoms with Gasteiger partial charge >= 0.3 is 6.18 Å². The van der Waals surface area contributed by atoms with Crippen LogP contribution in [0.2, 0.25) is 0 Å². The molecule has 7 nitrogen and oxygen atoms in total. The molecule has 0 rings (SSSR count). The fourth-order valence-corrected chi connectivity index (χ4v) is 2.36. The third-order valence-electron chi connectivity index (χ3n) is 1.79. The first-order chi connectivity index (χ1) is 7.99. The van der Waals surface area contributed by atoms with Gasteiger partial charge < -0.3 is 10.9 Å². The Morgan fingerprint density at radius 3 is 2.33 bits per heavy atom. The standard InChI is InChI=1S/C7H15F3N4O3S/c1-5(2)14(3-6(11)13-15)18(16,17)12-4-7(8,9)10/h5,12,15H,3-4H2,1-2H3,(H2,11,13). The van der Waals surface area contributed by atoms with Gasteiger partial charge in [0.25, 0.3) is 10.2 Å². The van der Waals surface area contributed by atoms with Crippen molar-refractivity contribution in [2.75, 3.05) is 13.1 Å². The van der Waals surface area contributed by atoms with Crippen molar-refractivity contribution in [1.29, 1.82) is 0 Å². The number of alkyl halides is 3. The van der Waals surface area contributed by atoms with E-state index in [-0.39, 0.29) is 0 Å². The molecule has 0 spiro atoms. The zero-order chi connectivity index (χ0) is 14.6. The molecule has 0 aromatic heterocycles. The molecule has 11 heteroatoms. The zero-order valence-electron chi connectivity index (χ0n) is 9.77. The Bertz CT molecular complexity index is 393. The van der Waals surface area contributed by atoms with Gasteiger partial charge in [-0.25, -0.2) is 0 Å². The SMILES string of the molecule is CC(C)N(CC(N)=NO)S(=O)(=O)NCC(F)(F)F. The third kappa shape index (κ3) is 6.02. The van der Waals surface area contributed by atoms with Gasteiger partial charge in [-0.3, -0.25) is 0 Å². The van der Waals surface area contributed by atoms with Crippen molar-refractivity contribution < 1.29 is 26.8 Å². The molecule has 108 valence electrons. The summed E-state index contributed by atoms with van der Waals surface area (Å²) in [6.45, 7) is 0.686. The summed E-state index contributed by atoms with van der Waals surface area (Å²) in [6.07, 6.45) is -4.66. The van der Waals surface area contributed by atoms with E-state index in [9.17, 15) is 21.6 Å². The minimum atomic E-state index is -4.66. The molecule has 0 unspecified atom stereocenters. The third-order valence-corrected chi connectivity index (χ3v) is 3.46. The molecule has 4 N–H and O–H groups in total. The second-order valence-electron chi connectivity index (χ2n) is 3.67. The van der Waals surface area contributed by atoms with Gasteiger partial charge in [0.05, 0.1) is 6.54 Å². The Labute approximate surface area is 103 Å². The van der Waals surface area contributed by atoms with Crippen LogP contribution in [0.5, 0.6) is 0 Å². The van der Waals surface area contributed by atoms with Gasteiger partial charge in [-0.2, -0.15) is 30.6 Å². The van der Waals surface area contributed by atoms with E-state index in [1.54, 1.807) is 0 Å². The fourth-order valence-electron chi connectivity index (χ4n) is 0.992. The van der Waals surface area contributed by atoms with E-state index < -0.39 is 41.4 Å². The van der Waals surface area contributed by atoms with Gasteiger partial charge in [0.1, 0.15) is 6.54 Å². The molecule has 0 heterocycles. The quantitative estimate of drug-likeness (QED) is 0.273. The highest BCUT2D eigenvalue weighted by Crippen LogP contribution is 2.14. The van der Waals surface area contributed by atoms with Crippen molar-refractivity contribution in [3.8, 4) is 0 Å². The average molecular weight is 292 g/mol. The van der Waals surface area contributed by atoms with Crippen molar-refractivity contribution in [2.24, 2.45) is 10.9 Å². The van der Waals surface area contributed by atoms with E-state index in [1.807, 2.05) is 0 Å². The van der Waals surface area contributed by atoms with Crippen LogP contribution in [0, 0.1) is 0 Å². The van der Waals surface area contributed by atoms with Crippen LogP contribution in [0.4, 0.5) is 13.2 Å². The molecule has 0 aromatic carbocycles. The maximum atomic E-state index is 11.9. The Kier molecular flexibility index (Phi) is 5.83. The lowest BCUT2D eigenvalue weighted by molar-refractivity contribution is -0.121. The van der Waals surface area contributed by atoms with Crippen LogP contribution >= 0.6 is 0 Å². The summed E-state index contributed by atoms with van der Waals surface area (Å²) < 4.78 is 61.1. The highest BCUT2D eigenvalue weighted by Gasteiger charge is 2.33. The number of oxime groups is 1. The smallest absolute Gasteiger partial charge is 0.402 e. The molecule has 0 radical (unpaired) electrons. The van der Waals surface area contributed by atoms with E-state index in [4.69, 9.17) is 10.9 Å². The number of rotatable bonds is 6. The molecule has 0 aromatic rings. The van der Waals surface area contributed by atoms with Crippen LogP contribution < -0.4 is 10.5 Å². The fraction of sp³-hybridized carbons (Fsp3) is 0.857. The largest absolute Gasteiger partial charge is 0.409 e. The van der Waals surface area contributed by atoms with E-state index >= 15 is 0 Å². The van der Waals surface area contributed by atoms with E-state index in [0.717, 1.165) is 0 Å². The number of nitrogens with one attached hydrogen (secondary N) is 1. The second kappa shape index (κ2) is 6.20. The van der Waals surface area contributed by atoms with Crippen molar-refractivity contribution >= 4 is 16.0 Å². The molecular weight excluding hydrogens is 277 g/mol. The number of halogens is 3. The summed E-state index contributed by atoms with van der Waals surface area (Å²) in [6, 6.07) is -0.656. The molecule has 0 fully saturated rings. The van der Waals surface area contributed by atoms with Gasteiger partial charge in [-0.15, -0.1) is 0 Å². The maximum absolute atomic E-state index is 11.9. The summed E-state index contributed by atoms with van der Waals surface area (Å²) >= 11 is 0. The van der Waals surface area contributed by atoms with Gasteiger partial charge in [0, 0.05) is 6.04 Å². The number of nitrogens with zero attached hydrogens (tertiary/aromatic N) is 2. The lowest BCUT2D eigenvalue weighted by Gasteiger charge is -2.25. The van der Waals surface area contributed by atoms with E-state index in [0.29, 0.717) is 4.31 Å². The Morgan fingerprint density at radius 1 is 1.50 bits per heavy atom. The first-order valence-electron chi connectivity index (χ1n) is 4.79. The highest BCUT2D eigenvalue weighted by molar-refractivity contribution is 7.87. The molecule has 18 heavy (non-hydrogen) atoms. The topological polar surface area (TPSA) is 108 Å². The molecule has 0 aliphatic carbocycles. The molecular formula is C7H15F3N4O3S. The predicted octanol–water partition coefficient (Wildman–Crippen LogP) is -0.160. The summed E-state index contributed by atoms with van der Waals surface area (Å²) in [5, 5.41) is 10.9. The number of hydrogen-bond donors (Lipinski definition) is 3. The van der Waals surface area contributed by atoms with Gasteiger partial charge in [0.2, 0.25) is 0 Å². The van der Waals surface area contributed by atoms with Crippen LogP contribution in [0.1, 0.15) is 13.8 Å². The predicted molar refractivity (Wildman–Crippen MR) is 58.2 cm³/mol. The lowest BCUT2D eigenvalue weighted by atomic mass is 10.4. The Morgan fingerprint density at radius 2 is 2.00 bits per heavy atom. The molecule has 0 bridgehead atoms. The van der Waals surface area contributed by atoms with Gasteiger partial charge in [-0.05, 0) is 13.8 Å². The minimum absolute atomic E-state index is 0.430. The molecule has 0 saturated heterocycles. The normalized spacial score (nSPS) is 14.5. The van der Waals surface area contributed by atoms with Crippen molar-refractivity contribution in [2.45, 2.75) is 26.1 Å². The maximum Gasteiger partial charge on any atom is 0.402 e. The van der Waals surface area contributed by atoms with E-state index in [2.05, 4.69) is 5.16 Å². The number of amidine groups is 1. The molecule has 0 saturated carbocycles. The highest BCUT2D eigenvalue weighted by atomic mass is 32.2. The number of hydrogen-bond acceptors (Lipinski definition) is 4. The summed E-state index contributed by atoms with van der Waals surface area (Å²) in [7, 11) is -4.37. The average Bonchev–Trinajstić information content (AvgIpc) is 2.21. The first kappa shape index (κ1) is 16.9. The van der Waals surface area contributed by atoms with Crippen molar-refractivity contribution in [3.63, 3.8) is 0 Å². The molecule has 0 aliphatic heterocycles.